The number of fused-ring (bicyclic) bond motifs is 2. The van der Waals surface area contributed by atoms with Crippen molar-refractivity contribution in [2.75, 3.05) is 26.1 Å². The molecule has 152 valence electrons. The first kappa shape index (κ1) is 18.5. The SMILES string of the molecule is COc1cc(NC2=N[N+]3(N4CCc5ccccc5C4)C=CN=CC3=N2)cc(OC)c1. The molecule has 1 atom stereocenters. The van der Waals surface area contributed by atoms with E-state index in [4.69, 9.17) is 19.6 Å². The third-order valence-electron chi connectivity index (χ3n) is 5.50. The summed E-state index contributed by atoms with van der Waals surface area (Å²) in [6.45, 7) is 1.66. The van der Waals surface area contributed by atoms with E-state index in [2.05, 4.69) is 39.6 Å². The molecule has 8 nitrogen and oxygen atoms in total. The number of ether oxygens (including phenoxy) is 2. The van der Waals surface area contributed by atoms with Crippen LogP contribution in [-0.4, -0.2) is 48.5 Å². The second-order valence-corrected chi connectivity index (χ2v) is 7.25. The first-order valence-corrected chi connectivity index (χ1v) is 9.81. The minimum absolute atomic E-state index is 0.182. The van der Waals surface area contributed by atoms with E-state index < -0.39 is 0 Å². The molecule has 0 spiro atoms. The van der Waals surface area contributed by atoms with E-state index in [1.165, 1.54) is 11.1 Å². The Labute approximate surface area is 175 Å². The summed E-state index contributed by atoms with van der Waals surface area (Å²) in [6, 6.07) is 14.2. The number of anilines is 1. The molecule has 2 aromatic rings. The molecule has 0 bridgehead atoms. The highest BCUT2D eigenvalue weighted by Gasteiger charge is 2.47. The van der Waals surface area contributed by atoms with Crippen molar-refractivity contribution in [3.8, 4) is 11.5 Å². The third-order valence-corrected chi connectivity index (χ3v) is 5.50. The van der Waals surface area contributed by atoms with Crippen molar-refractivity contribution in [3.63, 3.8) is 0 Å². The van der Waals surface area contributed by atoms with Crippen molar-refractivity contribution >= 4 is 23.7 Å². The monoisotopic (exact) mass is 403 g/mol. The first-order chi connectivity index (χ1) is 14.7. The van der Waals surface area contributed by atoms with Crippen molar-refractivity contribution in [2.24, 2.45) is 15.1 Å². The molecule has 30 heavy (non-hydrogen) atoms. The Hall–Kier alpha value is -3.49. The lowest BCUT2D eigenvalue weighted by Crippen LogP contribution is -2.57. The Morgan fingerprint density at radius 3 is 2.57 bits per heavy atom. The first-order valence-electron chi connectivity index (χ1n) is 9.81. The molecule has 0 fully saturated rings. The highest BCUT2D eigenvalue weighted by atomic mass is 16.5. The number of methoxy groups -OCH3 is 2. The summed E-state index contributed by atoms with van der Waals surface area (Å²) in [5.74, 6) is 2.66. The second-order valence-electron chi connectivity index (χ2n) is 7.25. The Morgan fingerprint density at radius 1 is 1.03 bits per heavy atom. The van der Waals surface area contributed by atoms with Gasteiger partial charge in [0.25, 0.3) is 5.96 Å². The van der Waals surface area contributed by atoms with Crippen LogP contribution in [0.15, 0.2) is 70.0 Å². The number of benzene rings is 2. The number of aliphatic imine (C=N–C) groups is 2. The topological polar surface area (TPSA) is 70.8 Å². The van der Waals surface area contributed by atoms with Gasteiger partial charge in [-0.05, 0) is 27.4 Å². The number of nitrogens with one attached hydrogen (secondary N) is 1. The van der Waals surface area contributed by atoms with Gasteiger partial charge in [0.1, 0.15) is 17.7 Å². The van der Waals surface area contributed by atoms with E-state index in [1.54, 1.807) is 26.6 Å². The van der Waals surface area contributed by atoms with Crippen LogP contribution in [0.5, 0.6) is 11.5 Å². The molecular weight excluding hydrogens is 380 g/mol. The van der Waals surface area contributed by atoms with Crippen molar-refractivity contribution in [1.29, 1.82) is 0 Å². The lowest BCUT2D eigenvalue weighted by Gasteiger charge is -2.37. The number of guanidine groups is 1. The quantitative estimate of drug-likeness (QED) is 0.797. The molecule has 3 aliphatic heterocycles. The Bertz CT molecular complexity index is 1080. The van der Waals surface area contributed by atoms with Crippen molar-refractivity contribution < 1.29 is 14.2 Å². The summed E-state index contributed by atoms with van der Waals surface area (Å²) < 4.78 is 10.9. The minimum Gasteiger partial charge on any atom is -0.497 e. The maximum absolute atomic E-state index is 5.36. The molecule has 2 aromatic carbocycles. The van der Waals surface area contributed by atoms with Crippen LogP contribution >= 0.6 is 0 Å². The van der Waals surface area contributed by atoms with Gasteiger partial charge in [0.05, 0.1) is 33.5 Å². The summed E-state index contributed by atoms with van der Waals surface area (Å²) >= 11 is 0. The number of amidine groups is 1. The molecule has 3 aliphatic rings. The van der Waals surface area contributed by atoms with Gasteiger partial charge in [-0.3, -0.25) is 4.99 Å². The predicted octanol–water partition coefficient (Wildman–Crippen LogP) is 3.14. The zero-order chi connectivity index (χ0) is 20.6. The highest BCUT2D eigenvalue weighted by molar-refractivity contribution is 6.30. The fraction of sp³-hybridized carbons (Fsp3) is 0.227. The fourth-order valence-corrected chi connectivity index (χ4v) is 3.97. The smallest absolute Gasteiger partial charge is 0.301 e. The van der Waals surface area contributed by atoms with Crippen molar-refractivity contribution in [2.45, 2.75) is 13.0 Å². The number of hydrogen-bond acceptors (Lipinski definition) is 7. The number of quaternary nitrogens is 1. The largest absolute Gasteiger partial charge is 0.497 e. The Balaban J connectivity index is 1.47. The van der Waals surface area contributed by atoms with Crippen LogP contribution in [0.2, 0.25) is 0 Å². The van der Waals surface area contributed by atoms with Gasteiger partial charge in [-0.15, -0.1) is 10.0 Å². The second kappa shape index (κ2) is 7.40. The van der Waals surface area contributed by atoms with E-state index in [9.17, 15) is 0 Å². The van der Waals surface area contributed by atoms with Crippen LogP contribution in [0.1, 0.15) is 11.1 Å². The molecular formula is C22H23N6O2+. The molecule has 0 amide bonds. The molecule has 5 rings (SSSR count). The predicted molar refractivity (Wildman–Crippen MR) is 116 cm³/mol. The summed E-state index contributed by atoms with van der Waals surface area (Å²) in [6.07, 6.45) is 6.48. The molecule has 0 aromatic heterocycles. The van der Waals surface area contributed by atoms with Crippen LogP contribution in [0.25, 0.3) is 0 Å². The van der Waals surface area contributed by atoms with E-state index in [0.717, 1.165) is 31.0 Å². The van der Waals surface area contributed by atoms with Gasteiger partial charge < -0.3 is 14.8 Å². The Kier molecular flexibility index (Phi) is 4.57. The zero-order valence-corrected chi connectivity index (χ0v) is 16.9. The van der Waals surface area contributed by atoms with Gasteiger partial charge in [0.2, 0.25) is 0 Å². The van der Waals surface area contributed by atoms with Crippen molar-refractivity contribution in [1.82, 2.24) is 5.01 Å². The van der Waals surface area contributed by atoms with Crippen LogP contribution < -0.4 is 14.8 Å². The molecule has 8 heteroatoms. The average Bonchev–Trinajstić information content (AvgIpc) is 3.17. The maximum Gasteiger partial charge on any atom is 0.301 e. The lowest BCUT2D eigenvalue weighted by molar-refractivity contribution is -0.920. The van der Waals surface area contributed by atoms with Gasteiger partial charge in [-0.25, -0.2) is 0 Å². The molecule has 3 heterocycles. The summed E-state index contributed by atoms with van der Waals surface area (Å²) in [7, 11) is 3.25. The summed E-state index contributed by atoms with van der Waals surface area (Å²) in [4.78, 5) is 9.00. The average molecular weight is 403 g/mol. The molecule has 0 radical (unpaired) electrons. The fourth-order valence-electron chi connectivity index (χ4n) is 3.97. The lowest BCUT2D eigenvalue weighted by atomic mass is 10.0. The summed E-state index contributed by atoms with van der Waals surface area (Å²) in [5, 5.41) is 10.5. The van der Waals surface area contributed by atoms with E-state index >= 15 is 0 Å². The number of rotatable bonds is 4. The maximum atomic E-state index is 5.36. The number of hydrogen-bond donors (Lipinski definition) is 1. The van der Waals surface area contributed by atoms with Crippen LogP contribution in [0, 0.1) is 0 Å². The van der Waals surface area contributed by atoms with Crippen LogP contribution in [-0.2, 0) is 13.0 Å². The van der Waals surface area contributed by atoms with Crippen molar-refractivity contribution in [3.05, 3.63) is 66.0 Å². The van der Waals surface area contributed by atoms with E-state index in [0.29, 0.717) is 17.5 Å². The van der Waals surface area contributed by atoms with Crippen LogP contribution in [0.4, 0.5) is 5.69 Å². The molecule has 0 aliphatic carbocycles. The van der Waals surface area contributed by atoms with Crippen LogP contribution in [0.3, 0.4) is 0 Å². The molecule has 1 unspecified atom stereocenters. The van der Waals surface area contributed by atoms with Gasteiger partial charge >= 0.3 is 5.84 Å². The minimum atomic E-state index is 0.182. The molecule has 0 saturated heterocycles. The third kappa shape index (κ3) is 3.16. The molecule has 1 N–H and O–H groups in total. The summed E-state index contributed by atoms with van der Waals surface area (Å²) in [5.41, 5.74) is 3.50. The van der Waals surface area contributed by atoms with E-state index in [1.807, 2.05) is 24.4 Å². The standard InChI is InChI=1S/C22H23N6O2/c1-29-19-11-18(12-20(13-19)30-2)24-22-25-21-14-23-8-10-28(21,26-22)27-9-7-16-5-3-4-6-17(16)15-27/h3-6,8,10-14H,7,9,15H2,1-2H3,(H,24,26)/q+1. The van der Waals surface area contributed by atoms with Gasteiger partial charge in [0, 0.05) is 23.9 Å². The number of nitrogens with zero attached hydrogens (tertiary/aromatic N) is 5. The van der Waals surface area contributed by atoms with Gasteiger partial charge in [-0.2, -0.15) is 0 Å². The van der Waals surface area contributed by atoms with E-state index in [-0.39, 0.29) is 4.70 Å². The normalized spacial score (nSPS) is 22.1. The van der Waals surface area contributed by atoms with Gasteiger partial charge in [-0.1, -0.05) is 24.3 Å². The zero-order valence-electron chi connectivity index (χ0n) is 16.9. The van der Waals surface area contributed by atoms with Gasteiger partial charge in [0.15, 0.2) is 6.20 Å². The highest BCUT2D eigenvalue weighted by Crippen LogP contribution is 2.31. The Morgan fingerprint density at radius 2 is 1.80 bits per heavy atom. The molecule has 0 saturated carbocycles.